The Morgan fingerprint density at radius 3 is 2.86 bits per heavy atom. The van der Waals surface area contributed by atoms with Crippen LogP contribution in [-0.4, -0.2) is 86.1 Å². The molecule has 164 valence electrons. The van der Waals surface area contributed by atoms with E-state index in [2.05, 4.69) is 4.90 Å². The number of aliphatic hydroxyl groups excluding tert-OH is 1. The number of rotatable bonds is 9. The first-order chi connectivity index (χ1) is 13.7. The highest BCUT2D eigenvalue weighted by Gasteiger charge is 2.32. The van der Waals surface area contributed by atoms with Crippen LogP contribution < -0.4 is 0 Å². The van der Waals surface area contributed by atoms with Crippen molar-refractivity contribution in [2.24, 2.45) is 0 Å². The fourth-order valence-corrected chi connectivity index (χ4v) is 3.22. The van der Waals surface area contributed by atoms with E-state index >= 15 is 0 Å². The van der Waals surface area contributed by atoms with Crippen molar-refractivity contribution in [3.8, 4) is 0 Å². The van der Waals surface area contributed by atoms with Gasteiger partial charge in [-0.25, -0.2) is 0 Å². The molecule has 0 bridgehead atoms. The zero-order valence-electron chi connectivity index (χ0n) is 16.8. The van der Waals surface area contributed by atoms with Gasteiger partial charge in [-0.15, -0.1) is 0 Å². The topological polar surface area (TPSA) is 62.2 Å². The maximum atomic E-state index is 13.0. The van der Waals surface area contributed by atoms with Gasteiger partial charge in [0.2, 0.25) is 0 Å². The molecular weight excluding hydrogens is 389 g/mol. The van der Waals surface area contributed by atoms with Gasteiger partial charge in [0.25, 0.3) is 5.91 Å². The number of aliphatic hydroxyl groups is 1. The number of benzene rings is 1. The molecule has 1 aromatic rings. The molecule has 0 spiro atoms. The Labute approximate surface area is 169 Å². The van der Waals surface area contributed by atoms with Crippen LogP contribution in [0, 0.1) is 0 Å². The highest BCUT2D eigenvalue weighted by atomic mass is 19.4. The van der Waals surface area contributed by atoms with Gasteiger partial charge in [-0.1, -0.05) is 13.0 Å². The summed E-state index contributed by atoms with van der Waals surface area (Å²) in [6.07, 6.45) is -4.58. The minimum absolute atomic E-state index is 0.0231. The van der Waals surface area contributed by atoms with Crippen molar-refractivity contribution in [1.82, 2.24) is 9.80 Å². The summed E-state index contributed by atoms with van der Waals surface area (Å²) in [5.41, 5.74) is -0.881. The number of nitrogens with zero attached hydrogens (tertiary/aromatic N) is 2. The van der Waals surface area contributed by atoms with E-state index in [0.717, 1.165) is 12.1 Å². The van der Waals surface area contributed by atoms with Gasteiger partial charge >= 0.3 is 6.18 Å². The Morgan fingerprint density at radius 2 is 2.21 bits per heavy atom. The van der Waals surface area contributed by atoms with Crippen LogP contribution in [0.3, 0.4) is 0 Å². The Bertz CT molecular complexity index is 657. The number of amides is 1. The molecular formula is C20H29F3N2O4. The monoisotopic (exact) mass is 418 g/mol. The third kappa shape index (κ3) is 7.26. The van der Waals surface area contributed by atoms with Crippen LogP contribution in [0.4, 0.5) is 13.2 Å². The normalized spacial score (nSPS) is 19.2. The summed E-state index contributed by atoms with van der Waals surface area (Å²) in [5, 5.41) is 9.87. The van der Waals surface area contributed by atoms with Gasteiger partial charge in [-0.3, -0.25) is 9.69 Å². The van der Waals surface area contributed by atoms with E-state index in [9.17, 15) is 23.1 Å². The molecule has 1 fully saturated rings. The maximum Gasteiger partial charge on any atom is 0.416 e. The van der Waals surface area contributed by atoms with Crippen molar-refractivity contribution >= 4 is 5.91 Å². The van der Waals surface area contributed by atoms with Crippen LogP contribution in [0.15, 0.2) is 24.3 Å². The lowest BCUT2D eigenvalue weighted by molar-refractivity contribution is -0.137. The van der Waals surface area contributed by atoms with Crippen molar-refractivity contribution in [3.05, 3.63) is 35.4 Å². The summed E-state index contributed by atoms with van der Waals surface area (Å²) in [7, 11) is 1.50. The summed E-state index contributed by atoms with van der Waals surface area (Å²) >= 11 is 0. The highest BCUT2D eigenvalue weighted by molar-refractivity contribution is 5.94. The molecule has 1 amide bonds. The standard InChI is InChI=1S/C20H29F3N2O4/c1-3-17(26)12-24-7-10-29-18(13-24)14-25(8-9-28-2)19(27)15-5-4-6-16(11-15)20(21,22)23/h4-6,11,17-18,26H,3,7-10,12-14H2,1-2H3. The van der Waals surface area contributed by atoms with E-state index in [1.54, 1.807) is 0 Å². The smallest absolute Gasteiger partial charge is 0.392 e. The highest BCUT2D eigenvalue weighted by Crippen LogP contribution is 2.29. The molecule has 1 aliphatic rings. The van der Waals surface area contributed by atoms with E-state index in [-0.39, 0.29) is 31.4 Å². The van der Waals surface area contributed by atoms with Crippen LogP contribution in [0.2, 0.25) is 0 Å². The van der Waals surface area contributed by atoms with Crippen molar-refractivity contribution < 1.29 is 32.5 Å². The van der Waals surface area contributed by atoms with Crippen LogP contribution in [0.5, 0.6) is 0 Å². The molecule has 9 heteroatoms. The molecule has 1 saturated heterocycles. The maximum absolute atomic E-state index is 13.0. The van der Waals surface area contributed by atoms with Gasteiger partial charge in [0.15, 0.2) is 0 Å². The van der Waals surface area contributed by atoms with Crippen molar-refractivity contribution in [1.29, 1.82) is 0 Å². The van der Waals surface area contributed by atoms with Crippen LogP contribution in [0.1, 0.15) is 29.3 Å². The summed E-state index contributed by atoms with van der Waals surface area (Å²) < 4.78 is 49.8. The Hall–Kier alpha value is -1.68. The third-order valence-electron chi connectivity index (χ3n) is 4.88. The summed E-state index contributed by atoms with van der Waals surface area (Å²) in [5.74, 6) is -0.498. The van der Waals surface area contributed by atoms with E-state index in [1.165, 1.54) is 24.1 Å². The Morgan fingerprint density at radius 1 is 1.45 bits per heavy atom. The molecule has 1 aliphatic heterocycles. The first-order valence-corrected chi connectivity index (χ1v) is 9.72. The number of hydrogen-bond acceptors (Lipinski definition) is 5. The molecule has 2 atom stereocenters. The second kappa shape index (κ2) is 10.9. The van der Waals surface area contributed by atoms with Gasteiger partial charge in [-0.05, 0) is 24.6 Å². The predicted molar refractivity (Wildman–Crippen MR) is 102 cm³/mol. The third-order valence-corrected chi connectivity index (χ3v) is 4.88. The molecule has 2 rings (SSSR count). The molecule has 29 heavy (non-hydrogen) atoms. The van der Waals surface area contributed by atoms with Crippen LogP contribution >= 0.6 is 0 Å². The van der Waals surface area contributed by atoms with Crippen LogP contribution in [-0.2, 0) is 15.7 Å². The van der Waals surface area contributed by atoms with E-state index in [0.29, 0.717) is 32.7 Å². The molecule has 1 heterocycles. The predicted octanol–water partition coefficient (Wildman–Crippen LogP) is 2.27. The number of morpholine rings is 1. The molecule has 2 unspecified atom stereocenters. The van der Waals surface area contributed by atoms with E-state index in [1.807, 2.05) is 6.92 Å². The van der Waals surface area contributed by atoms with Gasteiger partial charge in [0.1, 0.15) is 0 Å². The number of carbonyl (C=O) groups excluding carboxylic acids is 1. The zero-order valence-corrected chi connectivity index (χ0v) is 16.8. The lowest BCUT2D eigenvalue weighted by Crippen LogP contribution is -2.50. The Kier molecular flexibility index (Phi) is 8.88. The molecule has 0 aliphatic carbocycles. The number of methoxy groups -OCH3 is 1. The minimum Gasteiger partial charge on any atom is -0.392 e. The molecule has 0 aromatic heterocycles. The molecule has 1 aromatic carbocycles. The van der Waals surface area contributed by atoms with Gasteiger partial charge in [0, 0.05) is 45.4 Å². The summed E-state index contributed by atoms with van der Waals surface area (Å²) in [4.78, 5) is 16.4. The van der Waals surface area contributed by atoms with Gasteiger partial charge in [0.05, 0.1) is 31.0 Å². The average Bonchev–Trinajstić information content (AvgIpc) is 2.70. The lowest BCUT2D eigenvalue weighted by atomic mass is 10.1. The first-order valence-electron chi connectivity index (χ1n) is 9.72. The van der Waals surface area contributed by atoms with Crippen LogP contribution in [0.25, 0.3) is 0 Å². The lowest BCUT2D eigenvalue weighted by Gasteiger charge is -2.36. The first kappa shape index (κ1) is 23.6. The van der Waals surface area contributed by atoms with Crippen molar-refractivity contribution in [2.75, 3.05) is 53.0 Å². The largest absolute Gasteiger partial charge is 0.416 e. The molecule has 0 saturated carbocycles. The second-order valence-corrected chi connectivity index (χ2v) is 7.14. The average molecular weight is 418 g/mol. The number of carbonyl (C=O) groups is 1. The SMILES string of the molecule is CCC(O)CN1CCOC(CN(CCOC)C(=O)c2cccc(C(F)(F)F)c2)C1. The quantitative estimate of drug-likeness (QED) is 0.667. The van der Waals surface area contributed by atoms with Crippen molar-refractivity contribution in [2.45, 2.75) is 31.7 Å². The van der Waals surface area contributed by atoms with E-state index in [4.69, 9.17) is 9.47 Å². The number of β-amino-alcohol motifs (C(OH)–C–C–N with tert-alkyl or cyclic N) is 1. The Balaban J connectivity index is 2.09. The summed E-state index contributed by atoms with van der Waals surface area (Å²) in [6, 6.07) is 4.42. The second-order valence-electron chi connectivity index (χ2n) is 7.14. The number of halogens is 3. The number of alkyl halides is 3. The van der Waals surface area contributed by atoms with Gasteiger partial charge in [-0.2, -0.15) is 13.2 Å². The number of hydrogen-bond donors (Lipinski definition) is 1. The summed E-state index contributed by atoms with van der Waals surface area (Å²) in [6.45, 7) is 4.86. The molecule has 0 radical (unpaired) electrons. The fourth-order valence-electron chi connectivity index (χ4n) is 3.22. The van der Waals surface area contributed by atoms with Gasteiger partial charge < -0.3 is 19.5 Å². The minimum atomic E-state index is -4.51. The number of ether oxygens (including phenoxy) is 2. The van der Waals surface area contributed by atoms with E-state index < -0.39 is 23.8 Å². The molecule has 1 N–H and O–H groups in total. The fraction of sp³-hybridized carbons (Fsp3) is 0.650. The zero-order chi connectivity index (χ0) is 21.4. The molecule has 6 nitrogen and oxygen atoms in total. The van der Waals surface area contributed by atoms with Crippen molar-refractivity contribution in [3.63, 3.8) is 0 Å².